The summed E-state index contributed by atoms with van der Waals surface area (Å²) >= 11 is 0. The maximum Gasteiger partial charge on any atom is 0.337 e. The predicted octanol–water partition coefficient (Wildman–Crippen LogP) is 5.67. The number of carbonyl (C=O) groups excluding carboxylic acids is 1. The summed E-state index contributed by atoms with van der Waals surface area (Å²) in [4.78, 5) is 11.6. The Labute approximate surface area is 160 Å². The second-order valence-electron chi connectivity index (χ2n) is 6.21. The van der Waals surface area contributed by atoms with Crippen molar-refractivity contribution in [3.8, 4) is 11.3 Å². The molecule has 3 heteroatoms. The number of carbonyl (C=O) groups is 1. The summed E-state index contributed by atoms with van der Waals surface area (Å²) in [7, 11) is 1.39. The number of benzene rings is 2. The van der Waals surface area contributed by atoms with Gasteiger partial charge in [-0.15, -0.1) is 0 Å². The Morgan fingerprint density at radius 3 is 2.41 bits per heavy atom. The lowest BCUT2D eigenvalue weighted by Gasteiger charge is -2.13. The van der Waals surface area contributed by atoms with Crippen LogP contribution in [0.2, 0.25) is 0 Å². The molecule has 3 aromatic rings. The van der Waals surface area contributed by atoms with Crippen LogP contribution in [0.5, 0.6) is 0 Å². The van der Waals surface area contributed by atoms with Crippen molar-refractivity contribution in [2.45, 2.75) is 13.5 Å². The zero-order valence-electron chi connectivity index (χ0n) is 15.7. The Bertz CT molecular complexity index is 964. The van der Waals surface area contributed by atoms with E-state index in [2.05, 4.69) is 35.4 Å². The van der Waals surface area contributed by atoms with Crippen LogP contribution < -0.4 is 0 Å². The molecular weight excluding hydrogens is 334 g/mol. The molecule has 0 aliphatic rings. The van der Waals surface area contributed by atoms with Gasteiger partial charge < -0.3 is 9.30 Å². The van der Waals surface area contributed by atoms with Gasteiger partial charge in [0.25, 0.3) is 0 Å². The standard InChI is InChI=1S/C24H23NO2/c1-4-9-21-16-23(19-10-7-6-8-11-19)25(22(21)5-2)17-18-12-14-20(15-13-18)24(26)27-3/h4-16H,2,17H2,1,3H3/b9-4-. The van der Waals surface area contributed by atoms with Crippen LogP contribution in [0, 0.1) is 0 Å². The average molecular weight is 357 g/mol. The van der Waals surface area contributed by atoms with Gasteiger partial charge in [-0.05, 0) is 47.9 Å². The van der Waals surface area contributed by atoms with Crippen LogP contribution in [0.15, 0.2) is 73.3 Å². The van der Waals surface area contributed by atoms with Crippen LogP contribution in [0.1, 0.15) is 34.1 Å². The van der Waals surface area contributed by atoms with E-state index < -0.39 is 0 Å². The molecule has 0 spiro atoms. The van der Waals surface area contributed by atoms with Gasteiger partial charge in [0.2, 0.25) is 0 Å². The molecule has 0 N–H and O–H groups in total. The Kier molecular flexibility index (Phi) is 5.72. The molecule has 0 amide bonds. The second kappa shape index (κ2) is 8.37. The molecule has 0 fully saturated rings. The molecule has 3 rings (SSSR count). The van der Waals surface area contributed by atoms with Gasteiger partial charge in [0.05, 0.1) is 12.7 Å². The van der Waals surface area contributed by atoms with Gasteiger partial charge in [0.15, 0.2) is 0 Å². The molecule has 0 aliphatic heterocycles. The Balaban J connectivity index is 2.05. The van der Waals surface area contributed by atoms with Gasteiger partial charge in [-0.3, -0.25) is 0 Å². The topological polar surface area (TPSA) is 31.2 Å². The summed E-state index contributed by atoms with van der Waals surface area (Å²) in [5, 5.41) is 0. The summed E-state index contributed by atoms with van der Waals surface area (Å²) in [6, 6.07) is 20.0. The maximum atomic E-state index is 11.6. The lowest BCUT2D eigenvalue weighted by molar-refractivity contribution is 0.0600. The molecule has 0 unspecified atom stereocenters. The van der Waals surface area contributed by atoms with Crippen LogP contribution >= 0.6 is 0 Å². The molecule has 0 saturated carbocycles. The summed E-state index contributed by atoms with van der Waals surface area (Å²) in [5.74, 6) is -0.324. The van der Waals surface area contributed by atoms with Gasteiger partial charge in [0.1, 0.15) is 0 Å². The third-order valence-electron chi connectivity index (χ3n) is 4.49. The minimum Gasteiger partial charge on any atom is -0.465 e. The highest BCUT2D eigenvalue weighted by Crippen LogP contribution is 2.29. The lowest BCUT2D eigenvalue weighted by atomic mass is 10.1. The number of allylic oxidation sites excluding steroid dienone is 1. The molecular formula is C24H23NO2. The van der Waals surface area contributed by atoms with Gasteiger partial charge in [-0.25, -0.2) is 4.79 Å². The maximum absolute atomic E-state index is 11.6. The van der Waals surface area contributed by atoms with Crippen LogP contribution in [-0.2, 0) is 11.3 Å². The molecule has 1 heterocycles. The first kappa shape index (κ1) is 18.5. The SMILES string of the molecule is C=Cc1c(/C=C\C)cc(-c2ccccc2)n1Cc1ccc(C(=O)OC)cc1. The van der Waals surface area contributed by atoms with E-state index in [1.165, 1.54) is 7.11 Å². The fraction of sp³-hybridized carbons (Fsp3) is 0.125. The summed E-state index contributed by atoms with van der Waals surface area (Å²) < 4.78 is 7.03. The largest absolute Gasteiger partial charge is 0.465 e. The van der Waals surface area contributed by atoms with Crippen LogP contribution in [0.3, 0.4) is 0 Å². The first-order valence-electron chi connectivity index (χ1n) is 8.89. The highest BCUT2D eigenvalue weighted by Gasteiger charge is 2.14. The quantitative estimate of drug-likeness (QED) is 0.533. The van der Waals surface area contributed by atoms with E-state index in [9.17, 15) is 4.79 Å². The Hall–Kier alpha value is -3.33. The third kappa shape index (κ3) is 3.93. The highest BCUT2D eigenvalue weighted by atomic mass is 16.5. The van der Waals surface area contributed by atoms with Gasteiger partial charge in [-0.1, -0.05) is 61.2 Å². The number of ether oxygens (including phenoxy) is 1. The first-order valence-corrected chi connectivity index (χ1v) is 8.89. The van der Waals surface area contributed by atoms with Crippen molar-refractivity contribution in [1.82, 2.24) is 4.57 Å². The van der Waals surface area contributed by atoms with Crippen molar-refractivity contribution < 1.29 is 9.53 Å². The fourth-order valence-electron chi connectivity index (χ4n) is 3.19. The van der Waals surface area contributed by atoms with E-state index in [0.29, 0.717) is 12.1 Å². The number of aromatic nitrogens is 1. The molecule has 0 aliphatic carbocycles. The van der Waals surface area contributed by atoms with Crippen LogP contribution in [0.25, 0.3) is 23.4 Å². The minimum atomic E-state index is -0.324. The lowest BCUT2D eigenvalue weighted by Crippen LogP contribution is -2.05. The van der Waals surface area contributed by atoms with Crippen molar-refractivity contribution in [2.75, 3.05) is 7.11 Å². The van der Waals surface area contributed by atoms with Crippen molar-refractivity contribution in [2.24, 2.45) is 0 Å². The van der Waals surface area contributed by atoms with Crippen molar-refractivity contribution in [3.63, 3.8) is 0 Å². The van der Waals surface area contributed by atoms with Crippen LogP contribution in [-0.4, -0.2) is 17.6 Å². The van der Waals surface area contributed by atoms with E-state index in [1.807, 2.05) is 49.4 Å². The molecule has 27 heavy (non-hydrogen) atoms. The Morgan fingerprint density at radius 2 is 1.81 bits per heavy atom. The summed E-state index contributed by atoms with van der Waals surface area (Å²) in [5.41, 5.74) is 6.15. The first-order chi connectivity index (χ1) is 13.2. The molecule has 0 atom stereocenters. The number of hydrogen-bond donors (Lipinski definition) is 0. The molecule has 3 nitrogen and oxygen atoms in total. The van der Waals surface area contributed by atoms with E-state index >= 15 is 0 Å². The molecule has 1 aromatic heterocycles. The van der Waals surface area contributed by atoms with Crippen LogP contribution in [0.4, 0.5) is 0 Å². The summed E-state index contributed by atoms with van der Waals surface area (Å²) in [6.45, 7) is 6.71. The predicted molar refractivity (Wildman–Crippen MR) is 112 cm³/mol. The van der Waals surface area contributed by atoms with Crippen molar-refractivity contribution in [1.29, 1.82) is 0 Å². The van der Waals surface area contributed by atoms with Crippen molar-refractivity contribution in [3.05, 3.63) is 95.7 Å². The number of esters is 1. The number of hydrogen-bond acceptors (Lipinski definition) is 2. The van der Waals surface area contributed by atoms with E-state index in [1.54, 1.807) is 12.1 Å². The fourth-order valence-corrected chi connectivity index (χ4v) is 3.19. The van der Waals surface area contributed by atoms with E-state index in [-0.39, 0.29) is 5.97 Å². The molecule has 0 saturated heterocycles. The molecule has 0 bridgehead atoms. The van der Waals surface area contributed by atoms with Crippen molar-refractivity contribution >= 4 is 18.1 Å². The number of rotatable bonds is 6. The average Bonchev–Trinajstić information content (AvgIpc) is 3.06. The van der Waals surface area contributed by atoms with Gasteiger partial charge in [0, 0.05) is 17.9 Å². The monoisotopic (exact) mass is 357 g/mol. The van der Waals surface area contributed by atoms with Gasteiger partial charge in [-0.2, -0.15) is 0 Å². The molecule has 2 aromatic carbocycles. The normalized spacial score (nSPS) is 10.9. The smallest absolute Gasteiger partial charge is 0.337 e. The Morgan fingerprint density at radius 1 is 1.11 bits per heavy atom. The second-order valence-corrected chi connectivity index (χ2v) is 6.21. The number of methoxy groups -OCH3 is 1. The summed E-state index contributed by atoms with van der Waals surface area (Å²) in [6.07, 6.45) is 6.03. The van der Waals surface area contributed by atoms with E-state index in [0.717, 1.165) is 28.1 Å². The highest BCUT2D eigenvalue weighted by molar-refractivity contribution is 5.89. The molecule has 136 valence electrons. The zero-order valence-corrected chi connectivity index (χ0v) is 15.7. The third-order valence-corrected chi connectivity index (χ3v) is 4.49. The minimum absolute atomic E-state index is 0.324. The molecule has 0 radical (unpaired) electrons. The number of nitrogens with zero attached hydrogens (tertiary/aromatic N) is 1. The van der Waals surface area contributed by atoms with E-state index in [4.69, 9.17) is 4.74 Å². The van der Waals surface area contributed by atoms with Gasteiger partial charge >= 0.3 is 5.97 Å². The zero-order chi connectivity index (χ0) is 19.2.